The molecule has 1 amide bonds. The molecule has 0 aromatic carbocycles. The van der Waals surface area contributed by atoms with Crippen LogP contribution in [0, 0.1) is 5.41 Å². The minimum Gasteiger partial charge on any atom is -0.353 e. The summed E-state index contributed by atoms with van der Waals surface area (Å²) in [5, 5.41) is 3.49. The van der Waals surface area contributed by atoms with Crippen LogP contribution in [0.15, 0.2) is 4.99 Å². The van der Waals surface area contributed by atoms with Gasteiger partial charge in [0.1, 0.15) is 6.54 Å². The predicted molar refractivity (Wildman–Crippen MR) is 81.7 cm³/mol. The molecule has 0 radical (unpaired) electrons. The highest BCUT2D eigenvalue weighted by Crippen LogP contribution is 2.33. The summed E-state index contributed by atoms with van der Waals surface area (Å²) in [6.45, 7) is 6.91. The van der Waals surface area contributed by atoms with Crippen LogP contribution in [0.1, 0.15) is 39.5 Å². The van der Waals surface area contributed by atoms with Crippen molar-refractivity contribution < 1.29 is 4.79 Å². The average Bonchev–Trinajstić information content (AvgIpc) is 3.15. The molecule has 0 spiro atoms. The third kappa shape index (κ3) is 3.87. The first-order chi connectivity index (χ1) is 9.43. The minimum atomic E-state index is 0.0533. The molecule has 0 aromatic rings. The molecule has 1 atom stereocenters. The summed E-state index contributed by atoms with van der Waals surface area (Å²) in [7, 11) is 3.55. The highest BCUT2D eigenvalue weighted by Gasteiger charge is 2.35. The van der Waals surface area contributed by atoms with Gasteiger partial charge in [-0.3, -0.25) is 4.79 Å². The number of nitrogens with zero attached hydrogens (tertiary/aromatic N) is 3. The standard InChI is InChI=1S/C15H28N4O/c1-5-15(2)8-9-19(11-15)14(17-12-6-7-12)16-10-13(20)18(3)4/h12H,5-11H2,1-4H3,(H,16,17). The fourth-order valence-electron chi connectivity index (χ4n) is 2.42. The Labute approximate surface area is 122 Å². The fraction of sp³-hybridized carbons (Fsp3) is 0.867. The van der Waals surface area contributed by atoms with Crippen molar-refractivity contribution in [2.24, 2.45) is 10.4 Å². The third-order valence-electron chi connectivity index (χ3n) is 4.48. The van der Waals surface area contributed by atoms with Gasteiger partial charge in [0.15, 0.2) is 5.96 Å². The number of hydrogen-bond acceptors (Lipinski definition) is 2. The largest absolute Gasteiger partial charge is 0.353 e. The first kappa shape index (κ1) is 15.1. The lowest BCUT2D eigenvalue weighted by Gasteiger charge is -2.25. The van der Waals surface area contributed by atoms with Crippen molar-refractivity contribution in [2.45, 2.75) is 45.6 Å². The number of carbonyl (C=O) groups excluding carboxylic acids is 1. The van der Waals surface area contributed by atoms with Gasteiger partial charge in [-0.1, -0.05) is 13.8 Å². The van der Waals surface area contributed by atoms with Crippen molar-refractivity contribution in [1.29, 1.82) is 0 Å². The molecule has 1 saturated heterocycles. The highest BCUT2D eigenvalue weighted by atomic mass is 16.2. The predicted octanol–water partition coefficient (Wildman–Crippen LogP) is 1.30. The van der Waals surface area contributed by atoms with Crippen molar-refractivity contribution in [2.75, 3.05) is 33.7 Å². The van der Waals surface area contributed by atoms with Gasteiger partial charge in [-0.25, -0.2) is 4.99 Å². The lowest BCUT2D eigenvalue weighted by molar-refractivity contribution is -0.127. The molecule has 2 aliphatic rings. The van der Waals surface area contributed by atoms with Crippen LogP contribution in [0.4, 0.5) is 0 Å². The number of aliphatic imine (C=N–C) groups is 1. The quantitative estimate of drug-likeness (QED) is 0.624. The molecular weight excluding hydrogens is 252 g/mol. The van der Waals surface area contributed by atoms with Crippen LogP contribution in [0.2, 0.25) is 0 Å². The molecule has 2 rings (SSSR count). The van der Waals surface area contributed by atoms with E-state index in [1.54, 1.807) is 19.0 Å². The number of amides is 1. The molecule has 114 valence electrons. The Kier molecular flexibility index (Phi) is 4.55. The van der Waals surface area contributed by atoms with Gasteiger partial charge in [-0.2, -0.15) is 0 Å². The number of likely N-dealkylation sites (N-methyl/N-ethyl adjacent to an activating group) is 1. The van der Waals surface area contributed by atoms with E-state index < -0.39 is 0 Å². The first-order valence-corrected chi connectivity index (χ1v) is 7.69. The van der Waals surface area contributed by atoms with E-state index in [2.05, 4.69) is 29.1 Å². The number of guanidine groups is 1. The smallest absolute Gasteiger partial charge is 0.243 e. The zero-order valence-electron chi connectivity index (χ0n) is 13.3. The molecule has 5 nitrogen and oxygen atoms in total. The number of rotatable bonds is 4. The van der Waals surface area contributed by atoms with Crippen LogP contribution in [-0.4, -0.2) is 61.4 Å². The van der Waals surface area contributed by atoms with Crippen LogP contribution in [0.5, 0.6) is 0 Å². The Morgan fingerprint density at radius 1 is 1.45 bits per heavy atom. The van der Waals surface area contributed by atoms with Gasteiger partial charge >= 0.3 is 0 Å². The Morgan fingerprint density at radius 2 is 2.15 bits per heavy atom. The topological polar surface area (TPSA) is 47.9 Å². The van der Waals surface area contributed by atoms with Crippen molar-refractivity contribution in [3.05, 3.63) is 0 Å². The number of nitrogens with one attached hydrogen (secondary N) is 1. The van der Waals surface area contributed by atoms with Crippen LogP contribution < -0.4 is 5.32 Å². The molecule has 0 aromatic heterocycles. The lowest BCUT2D eigenvalue weighted by atomic mass is 9.87. The summed E-state index contributed by atoms with van der Waals surface area (Å²) in [6, 6.07) is 0.566. The van der Waals surface area contributed by atoms with Crippen LogP contribution in [-0.2, 0) is 4.79 Å². The monoisotopic (exact) mass is 280 g/mol. The summed E-state index contributed by atoms with van der Waals surface area (Å²) < 4.78 is 0. The van der Waals surface area contributed by atoms with E-state index in [0.29, 0.717) is 11.5 Å². The number of hydrogen-bond donors (Lipinski definition) is 1. The summed E-state index contributed by atoms with van der Waals surface area (Å²) in [6.07, 6.45) is 4.84. The highest BCUT2D eigenvalue weighted by molar-refractivity contribution is 5.85. The second-order valence-electron chi connectivity index (χ2n) is 6.68. The van der Waals surface area contributed by atoms with Gasteiger partial charge in [-0.05, 0) is 31.1 Å². The number of likely N-dealkylation sites (tertiary alicyclic amines) is 1. The summed E-state index contributed by atoms with van der Waals surface area (Å²) in [5.74, 6) is 0.984. The Balaban J connectivity index is 2.00. The lowest BCUT2D eigenvalue weighted by Crippen LogP contribution is -2.42. The van der Waals surface area contributed by atoms with Crippen molar-refractivity contribution in [3.63, 3.8) is 0 Å². The maximum atomic E-state index is 11.7. The van der Waals surface area contributed by atoms with Gasteiger partial charge in [0.2, 0.25) is 5.91 Å². The second kappa shape index (κ2) is 6.02. The van der Waals surface area contributed by atoms with Crippen molar-refractivity contribution in [1.82, 2.24) is 15.1 Å². The van der Waals surface area contributed by atoms with E-state index in [4.69, 9.17) is 0 Å². The molecule has 1 aliphatic carbocycles. The fourth-order valence-corrected chi connectivity index (χ4v) is 2.42. The van der Waals surface area contributed by atoms with E-state index in [9.17, 15) is 4.79 Å². The SMILES string of the molecule is CCC1(C)CCN(C(=NCC(=O)N(C)C)NC2CC2)C1. The van der Waals surface area contributed by atoms with E-state index >= 15 is 0 Å². The Hall–Kier alpha value is -1.26. The Morgan fingerprint density at radius 3 is 2.65 bits per heavy atom. The van der Waals surface area contributed by atoms with Gasteiger partial charge in [0.05, 0.1) is 0 Å². The average molecular weight is 280 g/mol. The maximum absolute atomic E-state index is 11.7. The zero-order valence-corrected chi connectivity index (χ0v) is 13.3. The van der Waals surface area contributed by atoms with Crippen LogP contribution in [0.25, 0.3) is 0 Å². The molecule has 2 fully saturated rings. The van der Waals surface area contributed by atoms with E-state index in [1.807, 2.05) is 0 Å². The molecule has 1 N–H and O–H groups in total. The summed E-state index contributed by atoms with van der Waals surface area (Å²) in [4.78, 5) is 20.2. The van der Waals surface area contributed by atoms with E-state index in [1.165, 1.54) is 25.7 Å². The minimum absolute atomic E-state index is 0.0533. The van der Waals surface area contributed by atoms with Crippen LogP contribution in [0.3, 0.4) is 0 Å². The molecule has 5 heteroatoms. The van der Waals surface area contributed by atoms with Gasteiger partial charge in [-0.15, -0.1) is 0 Å². The van der Waals surface area contributed by atoms with Gasteiger partial charge < -0.3 is 15.1 Å². The third-order valence-corrected chi connectivity index (χ3v) is 4.48. The second-order valence-corrected chi connectivity index (χ2v) is 6.68. The molecule has 1 aliphatic heterocycles. The molecule has 1 heterocycles. The molecular formula is C15H28N4O. The maximum Gasteiger partial charge on any atom is 0.243 e. The first-order valence-electron chi connectivity index (χ1n) is 7.69. The molecule has 1 saturated carbocycles. The van der Waals surface area contributed by atoms with Crippen molar-refractivity contribution in [3.8, 4) is 0 Å². The van der Waals surface area contributed by atoms with Gasteiger partial charge in [0.25, 0.3) is 0 Å². The zero-order chi connectivity index (χ0) is 14.8. The summed E-state index contributed by atoms with van der Waals surface area (Å²) >= 11 is 0. The van der Waals surface area contributed by atoms with E-state index in [0.717, 1.165) is 19.0 Å². The van der Waals surface area contributed by atoms with Gasteiger partial charge in [0, 0.05) is 33.2 Å². The Bertz CT molecular complexity index is 389. The van der Waals surface area contributed by atoms with Crippen molar-refractivity contribution >= 4 is 11.9 Å². The molecule has 0 bridgehead atoms. The summed E-state index contributed by atoms with van der Waals surface area (Å²) in [5.41, 5.74) is 0.386. The normalized spacial score (nSPS) is 26.8. The van der Waals surface area contributed by atoms with Crippen LogP contribution >= 0.6 is 0 Å². The molecule has 1 unspecified atom stereocenters. The number of carbonyl (C=O) groups is 1. The molecule has 20 heavy (non-hydrogen) atoms. The van der Waals surface area contributed by atoms with E-state index in [-0.39, 0.29) is 12.5 Å².